The van der Waals surface area contributed by atoms with Gasteiger partial charge in [-0.05, 0) is 12.8 Å². The fourth-order valence-electron chi connectivity index (χ4n) is 5.25. The second-order valence-electron chi connectivity index (χ2n) is 9.65. The molecule has 0 aromatic heterocycles. The first-order valence-electron chi connectivity index (χ1n) is 10.8. The van der Waals surface area contributed by atoms with Crippen LogP contribution in [0.5, 0.6) is 0 Å². The van der Waals surface area contributed by atoms with E-state index in [1.807, 2.05) is 0 Å². The zero-order valence-electron chi connectivity index (χ0n) is 21.1. The maximum atomic E-state index is 12.7. The molecule has 1 aliphatic carbocycles. The molecule has 0 aromatic carbocycles. The smallest absolute Gasteiger partial charge is 0.324 e. The van der Waals surface area contributed by atoms with Crippen molar-refractivity contribution in [3.63, 3.8) is 0 Å². The normalized spacial score (nSPS) is 24.1. The molecule has 26 nitrogen and oxygen atoms in total. The summed E-state index contributed by atoms with van der Waals surface area (Å²) in [6, 6.07) is 0. The fraction of sp³-hybridized carbons (Fsp3) is 1.00. The summed E-state index contributed by atoms with van der Waals surface area (Å²) in [4.78, 5) is 158. The van der Waals surface area contributed by atoms with Crippen LogP contribution in [-0.4, -0.2) is 111 Å². The third-order valence-electron chi connectivity index (χ3n) is 6.39. The zero-order chi connectivity index (χ0) is 35.6. The van der Waals surface area contributed by atoms with Gasteiger partial charge in [0.1, 0.15) is 0 Å². The Balaban J connectivity index is 4.89. The van der Waals surface area contributed by atoms with Gasteiger partial charge in [0.2, 0.25) is 11.0 Å². The lowest BCUT2D eigenvalue weighted by Crippen LogP contribution is -2.80. The second kappa shape index (κ2) is 13.1. The molecule has 2 atom stereocenters. The molecule has 2 unspecified atom stereocenters. The summed E-state index contributed by atoms with van der Waals surface area (Å²) < 4.78 is 99.6. The van der Waals surface area contributed by atoms with Crippen molar-refractivity contribution < 1.29 is 115 Å². The summed E-state index contributed by atoms with van der Waals surface area (Å²) in [5, 5.41) is -6.00. The largest absolute Gasteiger partial charge is 0.354 e. The van der Waals surface area contributed by atoms with Crippen molar-refractivity contribution in [2.24, 2.45) is 0 Å². The van der Waals surface area contributed by atoms with Crippen LogP contribution >= 0.6 is 60.8 Å². The van der Waals surface area contributed by atoms with Crippen molar-refractivity contribution in [1.29, 1.82) is 0 Å². The van der Waals surface area contributed by atoms with Gasteiger partial charge in [-0.3, -0.25) is 47.2 Å². The lowest BCUT2D eigenvalue weighted by atomic mass is 9.68. The molecule has 0 spiro atoms. The molecule has 0 amide bonds. The van der Waals surface area contributed by atoms with E-state index in [9.17, 15) is 115 Å². The van der Waals surface area contributed by atoms with Crippen molar-refractivity contribution >= 4 is 60.8 Å². The predicted octanol–water partition coefficient (Wildman–Crippen LogP) is -3.14. The molecular weight excluding hydrogens is 780 g/mol. The number of hydrogen-bond acceptors (Lipinski definition) is 10. The molecule has 0 radical (unpaired) electrons. The zero-order valence-corrected chi connectivity index (χ0v) is 28.3. The van der Waals surface area contributed by atoms with Gasteiger partial charge in [0.05, 0.1) is 11.1 Å². The van der Waals surface area contributed by atoms with Crippen LogP contribution < -0.4 is 10.6 Å². The minimum Gasteiger partial charge on any atom is -0.324 e. The van der Waals surface area contributed by atoms with Crippen LogP contribution in [0.25, 0.3) is 0 Å². The average Bonchev–Trinajstić information content (AvgIpc) is 2.64. The van der Waals surface area contributed by atoms with E-state index < -0.39 is 119 Å². The van der Waals surface area contributed by atoms with Crippen molar-refractivity contribution in [2.75, 3.05) is 0 Å². The maximum absolute atomic E-state index is 12.7. The van der Waals surface area contributed by atoms with Crippen molar-refractivity contribution in [3.8, 4) is 0 Å². The predicted molar refractivity (Wildman–Crippen MR) is 142 cm³/mol. The number of hydrogen-bond donors (Lipinski definition) is 18. The second-order valence-corrected chi connectivity index (χ2v) is 24.8. The lowest BCUT2D eigenvalue weighted by molar-refractivity contribution is 0.0652. The van der Waals surface area contributed by atoms with Gasteiger partial charge in [-0.25, -0.2) is 0 Å². The van der Waals surface area contributed by atoms with Crippen LogP contribution in [0.4, 0.5) is 0 Å². The Labute approximate surface area is 245 Å². The molecule has 0 heterocycles. The van der Waals surface area contributed by atoms with Crippen LogP contribution in [0.15, 0.2) is 0 Å². The van der Waals surface area contributed by atoms with Gasteiger partial charge in [0.25, 0.3) is 0 Å². The molecule has 0 bridgehead atoms. The number of nitrogens with one attached hydrogen (secondary N) is 2. The van der Waals surface area contributed by atoms with E-state index >= 15 is 0 Å². The Morgan fingerprint density at radius 2 is 0.545 bits per heavy atom. The SMILES string of the molecule is O=P(O)(O)C(NC1(C(P(=O)(O)O)P(=O)(O)O)CCCCC1(NC(P(=O)(O)O)P(=O)(O)O)C(P(=O)(O)O)P(=O)(O)O)P(=O)(O)O. The highest BCUT2D eigenvalue weighted by molar-refractivity contribution is 7.73. The van der Waals surface area contributed by atoms with Gasteiger partial charge < -0.3 is 78.3 Å². The average molecular weight is 810 g/mol. The molecule has 44 heavy (non-hydrogen) atoms. The molecule has 0 saturated heterocycles. The van der Waals surface area contributed by atoms with Gasteiger partial charge in [0.15, 0.2) is 10.8 Å². The van der Waals surface area contributed by atoms with E-state index in [4.69, 9.17) is 0 Å². The topological polar surface area (TPSA) is 484 Å². The third kappa shape index (κ3) is 9.63. The molecule has 18 N–H and O–H groups in total. The summed E-state index contributed by atoms with van der Waals surface area (Å²) in [7, 11) is -53.3. The van der Waals surface area contributed by atoms with E-state index in [0.29, 0.717) is 0 Å². The summed E-state index contributed by atoms with van der Waals surface area (Å²) >= 11 is 0. The first kappa shape index (κ1) is 43.1. The summed E-state index contributed by atoms with van der Waals surface area (Å²) in [6.45, 7) is 0. The van der Waals surface area contributed by atoms with Crippen LogP contribution in [0.3, 0.4) is 0 Å². The molecule has 1 rings (SSSR count). The third-order valence-corrected chi connectivity index (χ3v) is 21.0. The molecule has 1 fully saturated rings. The van der Waals surface area contributed by atoms with E-state index in [1.54, 1.807) is 0 Å². The number of rotatable bonds is 14. The first-order chi connectivity index (χ1) is 18.9. The van der Waals surface area contributed by atoms with Crippen molar-refractivity contribution in [3.05, 3.63) is 0 Å². The molecular formula is C10H30N2O24P8. The van der Waals surface area contributed by atoms with Gasteiger partial charge in [-0.2, -0.15) is 0 Å². The monoisotopic (exact) mass is 810 g/mol. The quantitative estimate of drug-likeness (QED) is 0.0771. The summed E-state index contributed by atoms with van der Waals surface area (Å²) in [6.07, 6.45) is -4.95. The lowest BCUT2D eigenvalue weighted by Gasteiger charge is -2.61. The minimum atomic E-state index is -6.81. The minimum absolute atomic E-state index is 0.812. The maximum Gasteiger partial charge on any atom is 0.354 e. The molecule has 34 heteroatoms. The van der Waals surface area contributed by atoms with Gasteiger partial charge in [-0.1, -0.05) is 12.8 Å². The summed E-state index contributed by atoms with van der Waals surface area (Å²) in [5.74, 6) is 0. The van der Waals surface area contributed by atoms with Gasteiger partial charge >= 0.3 is 60.8 Å². The molecule has 0 aromatic rings. The molecule has 1 saturated carbocycles. The van der Waals surface area contributed by atoms with Crippen LogP contribution in [0.1, 0.15) is 25.7 Å². The Kier molecular flexibility index (Phi) is 12.8. The van der Waals surface area contributed by atoms with E-state index in [2.05, 4.69) is 0 Å². The molecule has 0 aliphatic heterocycles. The van der Waals surface area contributed by atoms with Crippen LogP contribution in [-0.2, 0) is 36.5 Å². The molecule has 264 valence electrons. The van der Waals surface area contributed by atoms with Crippen molar-refractivity contribution in [2.45, 2.75) is 58.6 Å². The van der Waals surface area contributed by atoms with Gasteiger partial charge in [0, 0.05) is 0 Å². The van der Waals surface area contributed by atoms with Crippen LogP contribution in [0.2, 0.25) is 0 Å². The molecule has 1 aliphatic rings. The summed E-state index contributed by atoms with van der Waals surface area (Å²) in [5.41, 5.74) is -16.5. The van der Waals surface area contributed by atoms with E-state index in [1.165, 1.54) is 0 Å². The van der Waals surface area contributed by atoms with E-state index in [0.717, 1.165) is 10.6 Å². The van der Waals surface area contributed by atoms with Crippen LogP contribution in [0, 0.1) is 0 Å². The Morgan fingerprint density at radius 3 is 0.682 bits per heavy atom. The fourth-order valence-corrected chi connectivity index (χ4v) is 17.2. The highest BCUT2D eigenvalue weighted by Crippen LogP contribution is 2.75. The Morgan fingerprint density at radius 1 is 0.364 bits per heavy atom. The first-order valence-corrected chi connectivity index (χ1v) is 24.3. The standard InChI is InChI=1S/C10H30N2O24P8/c13-37(14,15)5(38(16,17)18)9(11-7(41(25,26)27)42(28,29)30)3-1-2-4-10(9,6(39(19,20)21)40(22,23)24)12-8(43(31,32)33)44(34,35)36/h5-8,11-12H,1-4H2,(H2,13,14,15)(H2,16,17,18)(H2,19,20,21)(H2,22,23,24)(H2,25,26,27)(H2,28,29,30)(H2,31,32,33)(H2,34,35,36). The Hall–Kier alpha value is 1.12. The Bertz CT molecular complexity index is 1270. The highest BCUT2D eigenvalue weighted by atomic mass is 31.3. The highest BCUT2D eigenvalue weighted by Gasteiger charge is 2.76. The van der Waals surface area contributed by atoms with Gasteiger partial charge in [-0.15, -0.1) is 0 Å². The van der Waals surface area contributed by atoms with E-state index in [-0.39, 0.29) is 0 Å². The van der Waals surface area contributed by atoms with Crippen molar-refractivity contribution in [1.82, 2.24) is 10.6 Å².